The van der Waals surface area contributed by atoms with Crippen molar-refractivity contribution >= 4 is 44.1 Å². The molecular weight excluding hydrogens is 364 g/mol. The monoisotopic (exact) mass is 376 g/mol. The quantitative estimate of drug-likeness (QED) is 0.758. The van der Waals surface area contributed by atoms with E-state index < -0.39 is 0 Å². The van der Waals surface area contributed by atoms with Crippen LogP contribution in [0.4, 0.5) is 0 Å². The van der Waals surface area contributed by atoms with Crippen molar-refractivity contribution in [1.29, 1.82) is 0 Å². The van der Waals surface area contributed by atoms with Crippen molar-refractivity contribution in [1.82, 2.24) is 9.88 Å². The predicted molar refractivity (Wildman–Crippen MR) is 92.4 cm³/mol. The van der Waals surface area contributed by atoms with Gasteiger partial charge >= 0.3 is 0 Å². The molecule has 1 amide bonds. The van der Waals surface area contributed by atoms with Crippen molar-refractivity contribution in [2.45, 2.75) is 6.54 Å². The maximum Gasteiger partial charge on any atom is 0.254 e. The number of fused-ring (bicyclic) bond motifs is 1. The van der Waals surface area contributed by atoms with Gasteiger partial charge in [0.1, 0.15) is 0 Å². The van der Waals surface area contributed by atoms with Gasteiger partial charge in [0.05, 0.1) is 15.9 Å². The summed E-state index contributed by atoms with van der Waals surface area (Å²) in [4.78, 5) is 29.9. The average Bonchev–Trinajstić information content (AvgIpc) is 2.90. The van der Waals surface area contributed by atoms with Crippen LogP contribution < -0.4 is 5.56 Å². The number of pyridine rings is 1. The molecule has 0 aliphatic rings. The number of nitrogens with one attached hydrogen (secondary N) is 1. The number of nitrogens with zero attached hydrogens (tertiary/aromatic N) is 1. The summed E-state index contributed by atoms with van der Waals surface area (Å²) in [7, 11) is 1.74. The van der Waals surface area contributed by atoms with E-state index in [2.05, 4.69) is 20.9 Å². The summed E-state index contributed by atoms with van der Waals surface area (Å²) >= 11 is 5.01. The number of rotatable bonds is 3. The van der Waals surface area contributed by atoms with E-state index in [0.29, 0.717) is 17.6 Å². The van der Waals surface area contributed by atoms with E-state index >= 15 is 0 Å². The third-order valence-electron chi connectivity index (χ3n) is 3.35. The molecule has 6 heteroatoms. The normalized spacial score (nSPS) is 10.8. The van der Waals surface area contributed by atoms with Crippen LogP contribution in [0, 0.1) is 0 Å². The van der Waals surface area contributed by atoms with Gasteiger partial charge in [0.2, 0.25) is 5.56 Å². The molecule has 22 heavy (non-hydrogen) atoms. The lowest BCUT2D eigenvalue weighted by Gasteiger charge is -2.17. The van der Waals surface area contributed by atoms with Gasteiger partial charge in [-0.15, -0.1) is 11.3 Å². The number of carbonyl (C=O) groups is 1. The Balaban J connectivity index is 1.96. The minimum Gasteiger partial charge on any atom is -0.337 e. The van der Waals surface area contributed by atoms with Crippen LogP contribution >= 0.6 is 27.3 Å². The highest BCUT2D eigenvalue weighted by Crippen LogP contribution is 2.24. The number of aromatic nitrogens is 1. The van der Waals surface area contributed by atoms with E-state index in [1.165, 1.54) is 6.07 Å². The maximum atomic E-state index is 12.7. The molecular formula is C16H13BrN2O2S. The van der Waals surface area contributed by atoms with Gasteiger partial charge in [-0.3, -0.25) is 9.59 Å². The number of aromatic amines is 1. The highest BCUT2D eigenvalue weighted by atomic mass is 79.9. The SMILES string of the molecule is CN(Cc1ccc(Br)s1)C(=O)c1cc(=O)[nH]c2ccccc12. The maximum absolute atomic E-state index is 12.7. The van der Waals surface area contributed by atoms with Crippen LogP contribution in [-0.2, 0) is 6.54 Å². The molecule has 2 heterocycles. The molecule has 3 rings (SSSR count). The lowest BCUT2D eigenvalue weighted by Crippen LogP contribution is -2.27. The lowest BCUT2D eigenvalue weighted by atomic mass is 10.1. The molecule has 1 aromatic carbocycles. The van der Waals surface area contributed by atoms with Gasteiger partial charge in [0.15, 0.2) is 0 Å². The van der Waals surface area contributed by atoms with E-state index in [1.54, 1.807) is 29.4 Å². The smallest absolute Gasteiger partial charge is 0.254 e. The Morgan fingerprint density at radius 2 is 2.05 bits per heavy atom. The van der Waals surface area contributed by atoms with Gasteiger partial charge in [-0.1, -0.05) is 18.2 Å². The second-order valence-corrected chi connectivity index (χ2v) is 7.51. The summed E-state index contributed by atoms with van der Waals surface area (Å²) in [5, 5.41) is 0.756. The first-order valence-electron chi connectivity index (χ1n) is 6.66. The van der Waals surface area contributed by atoms with Crippen LogP contribution in [0.5, 0.6) is 0 Å². The summed E-state index contributed by atoms with van der Waals surface area (Å²) < 4.78 is 1.03. The molecule has 1 N–H and O–H groups in total. The Hall–Kier alpha value is -1.92. The van der Waals surface area contributed by atoms with Crippen molar-refractivity contribution in [2.75, 3.05) is 7.05 Å². The molecule has 0 aliphatic heterocycles. The Morgan fingerprint density at radius 1 is 1.27 bits per heavy atom. The molecule has 0 radical (unpaired) electrons. The average molecular weight is 377 g/mol. The number of H-pyrrole nitrogens is 1. The zero-order chi connectivity index (χ0) is 15.7. The van der Waals surface area contributed by atoms with Crippen LogP contribution in [0.1, 0.15) is 15.2 Å². The van der Waals surface area contributed by atoms with E-state index in [-0.39, 0.29) is 11.5 Å². The van der Waals surface area contributed by atoms with Crippen molar-refractivity contribution in [3.05, 3.63) is 67.0 Å². The molecule has 0 spiro atoms. The lowest BCUT2D eigenvalue weighted by molar-refractivity contribution is 0.0788. The van der Waals surface area contributed by atoms with Gasteiger partial charge < -0.3 is 9.88 Å². The molecule has 0 atom stereocenters. The largest absolute Gasteiger partial charge is 0.337 e. The number of para-hydroxylation sites is 1. The third-order valence-corrected chi connectivity index (χ3v) is 4.96. The van der Waals surface area contributed by atoms with E-state index in [1.807, 2.05) is 30.3 Å². The highest BCUT2D eigenvalue weighted by molar-refractivity contribution is 9.11. The number of carbonyl (C=O) groups excluding carboxylic acids is 1. The fourth-order valence-corrected chi connectivity index (χ4v) is 3.87. The summed E-state index contributed by atoms with van der Waals surface area (Å²) in [5.74, 6) is -0.160. The standard InChI is InChI=1S/C16H13BrN2O2S/c1-19(9-10-6-7-14(17)22-10)16(21)12-8-15(20)18-13-5-3-2-4-11(12)13/h2-8H,9H2,1H3,(H,18,20). The molecule has 0 saturated heterocycles. The Labute approximate surface area is 139 Å². The summed E-state index contributed by atoms with van der Waals surface area (Å²) in [6.45, 7) is 0.510. The molecule has 112 valence electrons. The number of thiophene rings is 1. The Bertz CT molecular complexity index is 900. The zero-order valence-electron chi connectivity index (χ0n) is 11.8. The van der Waals surface area contributed by atoms with Crippen molar-refractivity contribution in [3.8, 4) is 0 Å². The number of halogens is 1. The van der Waals surface area contributed by atoms with Crippen molar-refractivity contribution < 1.29 is 4.79 Å². The van der Waals surface area contributed by atoms with Crippen LogP contribution in [0.2, 0.25) is 0 Å². The highest BCUT2D eigenvalue weighted by Gasteiger charge is 2.16. The molecule has 3 aromatic rings. The molecule has 0 fully saturated rings. The van der Waals surface area contributed by atoms with Crippen LogP contribution in [0.25, 0.3) is 10.9 Å². The van der Waals surface area contributed by atoms with Gasteiger partial charge in [0, 0.05) is 28.9 Å². The molecule has 2 aromatic heterocycles. The molecule has 0 unspecified atom stereocenters. The molecule has 0 saturated carbocycles. The summed E-state index contributed by atoms with van der Waals surface area (Å²) in [6, 6.07) is 12.6. The number of benzene rings is 1. The fraction of sp³-hybridized carbons (Fsp3) is 0.125. The van der Waals surface area contributed by atoms with Gasteiger partial charge in [-0.2, -0.15) is 0 Å². The first-order valence-corrected chi connectivity index (χ1v) is 8.27. The van der Waals surface area contributed by atoms with E-state index in [9.17, 15) is 9.59 Å². The molecule has 0 aliphatic carbocycles. The van der Waals surface area contributed by atoms with Gasteiger partial charge in [0.25, 0.3) is 5.91 Å². The van der Waals surface area contributed by atoms with Crippen molar-refractivity contribution in [3.63, 3.8) is 0 Å². The van der Waals surface area contributed by atoms with Crippen LogP contribution in [0.15, 0.2) is 51.0 Å². The number of hydrogen-bond acceptors (Lipinski definition) is 3. The van der Waals surface area contributed by atoms with E-state index in [0.717, 1.165) is 14.0 Å². The predicted octanol–water partition coefficient (Wildman–Crippen LogP) is 3.62. The Morgan fingerprint density at radius 3 is 2.77 bits per heavy atom. The fourth-order valence-electron chi connectivity index (χ4n) is 2.33. The minimum absolute atomic E-state index is 0.160. The third kappa shape index (κ3) is 2.98. The minimum atomic E-state index is -0.269. The van der Waals surface area contributed by atoms with Gasteiger partial charge in [-0.25, -0.2) is 0 Å². The molecule has 0 bridgehead atoms. The topological polar surface area (TPSA) is 53.2 Å². The van der Waals surface area contributed by atoms with E-state index in [4.69, 9.17) is 0 Å². The second kappa shape index (κ2) is 6.06. The number of hydrogen-bond donors (Lipinski definition) is 1. The first-order chi connectivity index (χ1) is 10.5. The second-order valence-electron chi connectivity index (χ2n) is 4.96. The number of amides is 1. The zero-order valence-corrected chi connectivity index (χ0v) is 14.2. The first kappa shape index (κ1) is 15.0. The van der Waals surface area contributed by atoms with Crippen LogP contribution in [-0.4, -0.2) is 22.8 Å². The Kier molecular flexibility index (Phi) is 4.13. The van der Waals surface area contributed by atoms with Crippen LogP contribution in [0.3, 0.4) is 0 Å². The van der Waals surface area contributed by atoms with Crippen molar-refractivity contribution in [2.24, 2.45) is 0 Å². The van der Waals surface area contributed by atoms with Gasteiger partial charge in [-0.05, 0) is 34.1 Å². The summed E-state index contributed by atoms with van der Waals surface area (Å²) in [6.07, 6.45) is 0. The summed E-state index contributed by atoms with van der Waals surface area (Å²) in [5.41, 5.74) is 0.831. The molecule has 4 nitrogen and oxygen atoms in total.